The van der Waals surface area contributed by atoms with Crippen LogP contribution in [0.2, 0.25) is 18.1 Å². The molecule has 2 saturated carbocycles. The number of hydrogen-bond acceptors (Lipinski definition) is 2. The van der Waals surface area contributed by atoms with Crippen molar-refractivity contribution in [2.75, 3.05) is 0 Å². The van der Waals surface area contributed by atoms with Gasteiger partial charge in [-0.25, -0.2) is 0 Å². The second kappa shape index (κ2) is 5.40. The second-order valence-electron chi connectivity index (χ2n) is 8.87. The predicted octanol–water partition coefficient (Wildman–Crippen LogP) is 5.29. The third-order valence-electron chi connectivity index (χ3n) is 6.66. The zero-order valence-corrected chi connectivity index (χ0v) is 15.5. The number of azide groups is 1. The van der Waals surface area contributed by atoms with Crippen LogP contribution in [0.25, 0.3) is 10.4 Å². The maximum absolute atomic E-state index is 8.88. The van der Waals surface area contributed by atoms with E-state index < -0.39 is 8.32 Å². The van der Waals surface area contributed by atoms with Gasteiger partial charge >= 0.3 is 0 Å². The molecular weight excluding hydrogens is 290 g/mol. The van der Waals surface area contributed by atoms with Crippen LogP contribution in [0.5, 0.6) is 0 Å². The van der Waals surface area contributed by atoms with Crippen LogP contribution in [0.4, 0.5) is 0 Å². The van der Waals surface area contributed by atoms with Crippen molar-refractivity contribution < 1.29 is 4.43 Å². The lowest BCUT2D eigenvalue weighted by Crippen LogP contribution is -2.51. The van der Waals surface area contributed by atoms with Crippen LogP contribution in [0.15, 0.2) is 17.3 Å². The van der Waals surface area contributed by atoms with Crippen LogP contribution in [0.3, 0.4) is 0 Å². The van der Waals surface area contributed by atoms with Gasteiger partial charge in [0.1, 0.15) is 0 Å². The summed E-state index contributed by atoms with van der Waals surface area (Å²) >= 11 is 0. The van der Waals surface area contributed by atoms with Gasteiger partial charge in [-0.3, -0.25) is 0 Å². The van der Waals surface area contributed by atoms with Crippen LogP contribution in [-0.4, -0.2) is 20.5 Å². The van der Waals surface area contributed by atoms with Crippen LogP contribution in [0, 0.1) is 23.7 Å². The molecule has 4 nitrogen and oxygen atoms in total. The molecule has 0 aromatic heterocycles. The Kier molecular flexibility index (Phi) is 3.95. The van der Waals surface area contributed by atoms with Crippen molar-refractivity contribution in [3.8, 4) is 0 Å². The summed E-state index contributed by atoms with van der Waals surface area (Å²) in [6, 6.07) is 0.175. The van der Waals surface area contributed by atoms with Crippen molar-refractivity contribution in [1.82, 2.24) is 0 Å². The first-order chi connectivity index (χ1) is 10.2. The molecule has 3 aliphatic rings. The Labute approximate surface area is 135 Å². The third-order valence-corrected chi connectivity index (χ3v) is 11.2. The molecule has 0 radical (unpaired) electrons. The summed E-state index contributed by atoms with van der Waals surface area (Å²) in [4.78, 5) is 3.11. The highest BCUT2D eigenvalue weighted by Crippen LogP contribution is 2.56. The second-order valence-corrected chi connectivity index (χ2v) is 13.6. The Morgan fingerprint density at radius 3 is 2.36 bits per heavy atom. The van der Waals surface area contributed by atoms with Gasteiger partial charge in [0.25, 0.3) is 0 Å². The molecule has 2 bridgehead atoms. The first kappa shape index (κ1) is 16.1. The molecule has 22 heavy (non-hydrogen) atoms. The van der Waals surface area contributed by atoms with E-state index in [4.69, 9.17) is 9.96 Å². The van der Waals surface area contributed by atoms with Crippen molar-refractivity contribution in [2.45, 2.75) is 70.3 Å². The molecule has 6 atom stereocenters. The Bertz CT molecular complexity index is 518. The monoisotopic (exact) mass is 319 g/mol. The fourth-order valence-electron chi connectivity index (χ4n) is 4.58. The molecule has 0 saturated heterocycles. The normalized spacial score (nSPS) is 40.4. The number of rotatable bonds is 3. The fraction of sp³-hybridized carbons (Fsp3) is 0.882. The summed E-state index contributed by atoms with van der Waals surface area (Å²) in [5.74, 6) is 2.32. The molecule has 0 amide bonds. The third kappa shape index (κ3) is 2.53. The summed E-state index contributed by atoms with van der Waals surface area (Å²) in [6.45, 7) is 11.6. The fourth-order valence-corrected chi connectivity index (χ4v) is 5.96. The van der Waals surface area contributed by atoms with E-state index in [1.54, 1.807) is 0 Å². The molecule has 3 aliphatic carbocycles. The summed E-state index contributed by atoms with van der Waals surface area (Å²) in [5, 5.41) is 4.37. The van der Waals surface area contributed by atoms with Gasteiger partial charge in [0.2, 0.25) is 0 Å². The average molecular weight is 320 g/mol. The highest BCUT2D eigenvalue weighted by atomic mass is 28.4. The predicted molar refractivity (Wildman–Crippen MR) is 92.0 cm³/mol. The van der Waals surface area contributed by atoms with E-state index in [1.807, 2.05) is 0 Å². The Morgan fingerprint density at radius 2 is 1.77 bits per heavy atom. The minimum atomic E-state index is -1.75. The van der Waals surface area contributed by atoms with E-state index >= 15 is 0 Å². The zero-order valence-electron chi connectivity index (χ0n) is 14.5. The largest absolute Gasteiger partial charge is 0.414 e. The summed E-state index contributed by atoms with van der Waals surface area (Å²) < 4.78 is 6.81. The van der Waals surface area contributed by atoms with Gasteiger partial charge < -0.3 is 4.43 Å². The molecule has 0 aromatic rings. The zero-order chi connectivity index (χ0) is 16.1. The highest BCUT2D eigenvalue weighted by molar-refractivity contribution is 6.74. The lowest BCUT2D eigenvalue weighted by atomic mass is 9.69. The van der Waals surface area contributed by atoms with Crippen molar-refractivity contribution in [1.29, 1.82) is 0 Å². The van der Waals surface area contributed by atoms with E-state index in [1.165, 1.54) is 6.42 Å². The molecule has 0 spiro atoms. The molecule has 0 unspecified atom stereocenters. The lowest BCUT2D eigenvalue weighted by Gasteiger charge is -2.47. The first-order valence-corrected chi connectivity index (χ1v) is 11.6. The summed E-state index contributed by atoms with van der Waals surface area (Å²) in [7, 11) is -1.75. The van der Waals surface area contributed by atoms with E-state index in [-0.39, 0.29) is 11.1 Å². The van der Waals surface area contributed by atoms with Crippen molar-refractivity contribution in [2.24, 2.45) is 28.8 Å². The quantitative estimate of drug-likeness (QED) is 0.229. The molecule has 3 rings (SSSR count). The summed E-state index contributed by atoms with van der Waals surface area (Å²) in [6.07, 6.45) is 8.39. The van der Waals surface area contributed by atoms with Crippen LogP contribution in [-0.2, 0) is 4.43 Å². The minimum Gasteiger partial charge on any atom is -0.414 e. The standard InChI is InChI=1S/C17H29N3OSi/c1-17(2,3)22(4,5)21-14-9-8-13(19-20-18)15-11-6-7-12(10-11)16(14)15/h6-7,11-16H,8-10H2,1-5H3/t11-,12+,13-,14-,15+,16-/m1/s1. The number of nitrogens with zero attached hydrogens (tertiary/aromatic N) is 3. The Hall–Kier alpha value is -0.773. The molecule has 0 heterocycles. The number of fused-ring (bicyclic) bond motifs is 5. The SMILES string of the molecule is CC(C)(C)[Si](C)(C)O[C@@H]1CC[C@@H](N=[N+]=[N-])[C@H]2[C@@H]1[C@H]1C=C[C@@H]2C1. The van der Waals surface area contributed by atoms with Crippen LogP contribution in [0.1, 0.15) is 40.0 Å². The Balaban J connectivity index is 1.83. The van der Waals surface area contributed by atoms with Crippen LogP contribution < -0.4 is 0 Å². The van der Waals surface area contributed by atoms with Crippen LogP contribution >= 0.6 is 0 Å². The smallest absolute Gasteiger partial charge is 0.192 e. The van der Waals surface area contributed by atoms with Gasteiger partial charge in [-0.1, -0.05) is 38.0 Å². The van der Waals surface area contributed by atoms with Gasteiger partial charge in [0, 0.05) is 17.1 Å². The molecule has 5 heteroatoms. The van der Waals surface area contributed by atoms with Gasteiger partial charge in [0.05, 0.1) is 0 Å². The molecular formula is C17H29N3OSi. The van der Waals surface area contributed by atoms with E-state index in [9.17, 15) is 0 Å². The van der Waals surface area contributed by atoms with Gasteiger partial charge in [-0.15, -0.1) is 0 Å². The molecule has 0 aromatic carbocycles. The van der Waals surface area contributed by atoms with Crippen molar-refractivity contribution in [3.05, 3.63) is 22.6 Å². The number of hydrogen-bond donors (Lipinski definition) is 0. The van der Waals surface area contributed by atoms with Gasteiger partial charge in [-0.05, 0) is 66.6 Å². The molecule has 0 N–H and O–H groups in total. The van der Waals surface area contributed by atoms with E-state index in [2.05, 4.69) is 56.0 Å². The molecule has 2 fully saturated rings. The van der Waals surface area contributed by atoms with Gasteiger partial charge in [0.15, 0.2) is 8.32 Å². The maximum Gasteiger partial charge on any atom is 0.192 e. The molecule has 0 aliphatic heterocycles. The lowest BCUT2D eigenvalue weighted by molar-refractivity contribution is 0.0252. The van der Waals surface area contributed by atoms with E-state index in [0.29, 0.717) is 29.8 Å². The van der Waals surface area contributed by atoms with Crippen molar-refractivity contribution >= 4 is 8.32 Å². The maximum atomic E-state index is 8.88. The average Bonchev–Trinajstić information content (AvgIpc) is 3.01. The number of allylic oxidation sites excluding steroid dienone is 2. The minimum absolute atomic E-state index is 0.175. The highest BCUT2D eigenvalue weighted by Gasteiger charge is 2.54. The summed E-state index contributed by atoms with van der Waals surface area (Å²) in [5.41, 5.74) is 8.88. The van der Waals surface area contributed by atoms with Gasteiger partial charge in [-0.2, -0.15) is 0 Å². The first-order valence-electron chi connectivity index (χ1n) is 8.65. The van der Waals surface area contributed by atoms with Crippen molar-refractivity contribution in [3.63, 3.8) is 0 Å². The Morgan fingerprint density at radius 1 is 1.14 bits per heavy atom. The molecule has 122 valence electrons. The van der Waals surface area contributed by atoms with E-state index in [0.717, 1.165) is 12.8 Å². The topological polar surface area (TPSA) is 58.0 Å².